The van der Waals surface area contributed by atoms with E-state index in [1.54, 1.807) is 0 Å². The Bertz CT molecular complexity index is 272. The van der Waals surface area contributed by atoms with E-state index in [1.165, 1.54) is 0 Å². The van der Waals surface area contributed by atoms with Gasteiger partial charge in [-0.2, -0.15) is 0 Å². The molecular formula is C14H30N4O. The molecule has 0 bridgehead atoms. The van der Waals surface area contributed by atoms with E-state index in [0.29, 0.717) is 19.0 Å². The molecule has 0 aliphatic carbocycles. The largest absolute Gasteiger partial charge is 0.356 e. The third-order valence-electron chi connectivity index (χ3n) is 3.98. The van der Waals surface area contributed by atoms with Crippen LogP contribution in [-0.2, 0) is 4.79 Å². The van der Waals surface area contributed by atoms with Gasteiger partial charge in [0.2, 0.25) is 5.91 Å². The summed E-state index contributed by atoms with van der Waals surface area (Å²) in [4.78, 5) is 16.7. The van der Waals surface area contributed by atoms with Gasteiger partial charge in [0.05, 0.1) is 0 Å². The second kappa shape index (κ2) is 8.51. The molecule has 0 aromatic rings. The molecule has 1 amide bonds. The summed E-state index contributed by atoms with van der Waals surface area (Å²) in [6.07, 6.45) is 1.50. The Kier molecular flexibility index (Phi) is 7.34. The highest BCUT2D eigenvalue weighted by Gasteiger charge is 2.27. The van der Waals surface area contributed by atoms with Crippen molar-refractivity contribution in [2.75, 3.05) is 39.3 Å². The quantitative estimate of drug-likeness (QED) is 0.696. The van der Waals surface area contributed by atoms with Crippen LogP contribution in [0.25, 0.3) is 0 Å². The number of rotatable bonds is 7. The maximum Gasteiger partial charge on any atom is 0.221 e. The van der Waals surface area contributed by atoms with Gasteiger partial charge in [-0.05, 0) is 19.9 Å². The summed E-state index contributed by atoms with van der Waals surface area (Å²) in [5.74, 6) is 0.128. The molecule has 2 unspecified atom stereocenters. The van der Waals surface area contributed by atoms with Crippen LogP contribution in [0.4, 0.5) is 0 Å². The summed E-state index contributed by atoms with van der Waals surface area (Å²) in [6, 6.07) is 0.727. The Balaban J connectivity index is 2.44. The molecular weight excluding hydrogens is 240 g/mol. The van der Waals surface area contributed by atoms with Crippen molar-refractivity contribution in [3.8, 4) is 0 Å². The van der Waals surface area contributed by atoms with E-state index in [9.17, 15) is 4.79 Å². The SMILES string of the molecule is CCCNC(=O)CC(CN)N1CCN(CC)C(C)C1. The van der Waals surface area contributed by atoms with E-state index in [2.05, 4.69) is 35.9 Å². The van der Waals surface area contributed by atoms with Crippen molar-refractivity contribution >= 4 is 5.91 Å². The molecule has 19 heavy (non-hydrogen) atoms. The molecule has 1 aliphatic rings. The fraction of sp³-hybridized carbons (Fsp3) is 0.929. The van der Waals surface area contributed by atoms with Crippen LogP contribution in [0.5, 0.6) is 0 Å². The number of nitrogens with two attached hydrogens (primary N) is 1. The number of hydrogen-bond donors (Lipinski definition) is 2. The van der Waals surface area contributed by atoms with Crippen molar-refractivity contribution in [1.29, 1.82) is 0 Å². The number of carbonyl (C=O) groups is 1. The number of likely N-dealkylation sites (N-methyl/N-ethyl adjacent to an activating group) is 1. The third kappa shape index (κ3) is 5.09. The van der Waals surface area contributed by atoms with Crippen LogP contribution in [0, 0.1) is 0 Å². The first-order chi connectivity index (χ1) is 9.12. The Morgan fingerprint density at radius 3 is 2.68 bits per heavy atom. The van der Waals surface area contributed by atoms with Gasteiger partial charge in [-0.15, -0.1) is 0 Å². The number of piperazine rings is 1. The lowest BCUT2D eigenvalue weighted by atomic mass is 10.1. The van der Waals surface area contributed by atoms with Crippen molar-refractivity contribution < 1.29 is 4.79 Å². The van der Waals surface area contributed by atoms with Gasteiger partial charge in [0, 0.05) is 51.2 Å². The molecule has 5 heteroatoms. The normalized spacial score (nSPS) is 23.3. The van der Waals surface area contributed by atoms with Gasteiger partial charge in [0.25, 0.3) is 0 Å². The standard InChI is InChI=1S/C14H30N4O/c1-4-6-16-14(19)9-13(10-15)18-8-7-17(5-2)12(3)11-18/h12-13H,4-11,15H2,1-3H3,(H,16,19). The zero-order valence-corrected chi connectivity index (χ0v) is 12.7. The molecule has 1 fully saturated rings. The van der Waals surface area contributed by atoms with E-state index >= 15 is 0 Å². The fourth-order valence-corrected chi connectivity index (χ4v) is 2.74. The molecule has 0 aromatic carbocycles. The molecule has 5 nitrogen and oxygen atoms in total. The summed E-state index contributed by atoms with van der Waals surface area (Å²) in [5.41, 5.74) is 5.86. The van der Waals surface area contributed by atoms with Gasteiger partial charge in [-0.25, -0.2) is 0 Å². The second-order valence-electron chi connectivity index (χ2n) is 5.42. The average molecular weight is 270 g/mol. The number of amides is 1. The predicted molar refractivity (Wildman–Crippen MR) is 79.0 cm³/mol. The Morgan fingerprint density at radius 1 is 1.42 bits per heavy atom. The van der Waals surface area contributed by atoms with E-state index in [4.69, 9.17) is 5.73 Å². The Morgan fingerprint density at radius 2 is 2.16 bits per heavy atom. The third-order valence-corrected chi connectivity index (χ3v) is 3.98. The van der Waals surface area contributed by atoms with Crippen LogP contribution in [0.2, 0.25) is 0 Å². The van der Waals surface area contributed by atoms with E-state index in [1.807, 2.05) is 0 Å². The van der Waals surface area contributed by atoms with Crippen LogP contribution in [0.1, 0.15) is 33.6 Å². The second-order valence-corrected chi connectivity index (χ2v) is 5.42. The minimum absolute atomic E-state index is 0.128. The Hall–Kier alpha value is -0.650. The van der Waals surface area contributed by atoms with Gasteiger partial charge < -0.3 is 11.1 Å². The highest BCUT2D eigenvalue weighted by Crippen LogP contribution is 2.13. The summed E-state index contributed by atoms with van der Waals surface area (Å²) in [6.45, 7) is 12.0. The molecule has 3 N–H and O–H groups in total. The molecule has 1 heterocycles. The Labute approximate surface area is 117 Å². The number of nitrogens with one attached hydrogen (secondary N) is 1. The molecule has 2 atom stereocenters. The van der Waals surface area contributed by atoms with Gasteiger partial charge in [-0.1, -0.05) is 13.8 Å². The molecule has 0 spiro atoms. The van der Waals surface area contributed by atoms with E-state index in [0.717, 1.165) is 39.1 Å². The molecule has 1 saturated heterocycles. The average Bonchev–Trinajstić information content (AvgIpc) is 2.42. The fourth-order valence-electron chi connectivity index (χ4n) is 2.74. The smallest absolute Gasteiger partial charge is 0.221 e. The lowest BCUT2D eigenvalue weighted by molar-refractivity contribution is -0.122. The summed E-state index contributed by atoms with van der Waals surface area (Å²) < 4.78 is 0. The maximum atomic E-state index is 11.8. The number of carbonyl (C=O) groups excluding carboxylic acids is 1. The minimum Gasteiger partial charge on any atom is -0.356 e. The van der Waals surface area contributed by atoms with Crippen LogP contribution in [0.3, 0.4) is 0 Å². The summed E-state index contributed by atoms with van der Waals surface area (Å²) >= 11 is 0. The first kappa shape index (κ1) is 16.4. The zero-order valence-electron chi connectivity index (χ0n) is 12.7. The van der Waals surface area contributed by atoms with E-state index in [-0.39, 0.29) is 11.9 Å². The number of nitrogens with zero attached hydrogens (tertiary/aromatic N) is 2. The van der Waals surface area contributed by atoms with Gasteiger partial charge in [0.15, 0.2) is 0 Å². The lowest BCUT2D eigenvalue weighted by Crippen LogP contribution is -2.56. The molecule has 0 saturated carbocycles. The molecule has 0 aromatic heterocycles. The van der Waals surface area contributed by atoms with Gasteiger partial charge in [0.1, 0.15) is 0 Å². The first-order valence-electron chi connectivity index (χ1n) is 7.57. The minimum atomic E-state index is 0.128. The van der Waals surface area contributed by atoms with Crippen molar-refractivity contribution in [2.24, 2.45) is 5.73 Å². The van der Waals surface area contributed by atoms with Crippen molar-refractivity contribution in [1.82, 2.24) is 15.1 Å². The van der Waals surface area contributed by atoms with Crippen LogP contribution < -0.4 is 11.1 Å². The topological polar surface area (TPSA) is 61.6 Å². The molecule has 1 rings (SSSR count). The van der Waals surface area contributed by atoms with Crippen LogP contribution >= 0.6 is 0 Å². The summed E-state index contributed by atoms with van der Waals surface area (Å²) in [7, 11) is 0. The number of hydrogen-bond acceptors (Lipinski definition) is 4. The monoisotopic (exact) mass is 270 g/mol. The molecule has 112 valence electrons. The zero-order chi connectivity index (χ0) is 14.3. The van der Waals surface area contributed by atoms with Crippen LogP contribution in [-0.4, -0.2) is 67.1 Å². The maximum absolute atomic E-state index is 11.8. The first-order valence-corrected chi connectivity index (χ1v) is 7.57. The van der Waals surface area contributed by atoms with Gasteiger partial charge >= 0.3 is 0 Å². The van der Waals surface area contributed by atoms with E-state index < -0.39 is 0 Å². The molecule has 1 aliphatic heterocycles. The lowest BCUT2D eigenvalue weighted by Gasteiger charge is -2.42. The van der Waals surface area contributed by atoms with Crippen molar-refractivity contribution in [3.05, 3.63) is 0 Å². The van der Waals surface area contributed by atoms with Crippen LogP contribution in [0.15, 0.2) is 0 Å². The molecule has 0 radical (unpaired) electrons. The van der Waals surface area contributed by atoms with Gasteiger partial charge in [-0.3, -0.25) is 14.6 Å². The summed E-state index contributed by atoms with van der Waals surface area (Å²) in [5, 5.41) is 2.94. The highest BCUT2D eigenvalue weighted by molar-refractivity contribution is 5.76. The van der Waals surface area contributed by atoms with Crippen molar-refractivity contribution in [2.45, 2.75) is 45.7 Å². The van der Waals surface area contributed by atoms with Crippen molar-refractivity contribution in [3.63, 3.8) is 0 Å². The predicted octanol–water partition coefficient (Wildman–Crippen LogP) is 0.256. The highest BCUT2D eigenvalue weighted by atomic mass is 16.1.